The molecular formula is C23H29FIN5. The molecule has 1 saturated carbocycles. The standard InChI is InChI=1S/C23H29FIN5/c24-21-6-1-3-17(20(21)13-25)15-28-8-7-22-18(16-28)14-26-23(27-22)30-11-9-29(10-12-30)19-4-2-5-19/h1,3,6,14,19H,2,4-5,7-13,15-16H2. The zero-order valence-corrected chi connectivity index (χ0v) is 19.5. The molecule has 1 aliphatic carbocycles. The number of alkyl halides is 1. The van der Waals surface area contributed by atoms with Crippen LogP contribution in [0.5, 0.6) is 0 Å². The highest BCUT2D eigenvalue weighted by Crippen LogP contribution is 2.27. The lowest BCUT2D eigenvalue weighted by molar-refractivity contribution is 0.120. The Hall–Kier alpha value is -1.32. The van der Waals surface area contributed by atoms with E-state index in [9.17, 15) is 4.39 Å². The Balaban J connectivity index is 1.22. The first kappa shape index (κ1) is 20.6. The molecule has 7 heteroatoms. The molecule has 0 amide bonds. The molecule has 2 aliphatic heterocycles. The van der Waals surface area contributed by atoms with Gasteiger partial charge in [0.15, 0.2) is 0 Å². The molecule has 160 valence electrons. The van der Waals surface area contributed by atoms with Crippen LogP contribution in [0.15, 0.2) is 24.4 Å². The van der Waals surface area contributed by atoms with E-state index in [1.807, 2.05) is 12.3 Å². The molecular weight excluding hydrogens is 492 g/mol. The van der Waals surface area contributed by atoms with Crippen LogP contribution in [0.25, 0.3) is 0 Å². The van der Waals surface area contributed by atoms with E-state index in [1.54, 1.807) is 6.07 Å². The predicted octanol–water partition coefficient (Wildman–Crippen LogP) is 3.78. The van der Waals surface area contributed by atoms with Crippen LogP contribution in [0, 0.1) is 5.82 Å². The van der Waals surface area contributed by atoms with Crippen molar-refractivity contribution in [2.45, 2.75) is 49.2 Å². The van der Waals surface area contributed by atoms with Gasteiger partial charge in [0.25, 0.3) is 0 Å². The number of rotatable bonds is 5. The third kappa shape index (κ3) is 4.21. The highest BCUT2D eigenvalue weighted by atomic mass is 127. The first-order valence-corrected chi connectivity index (χ1v) is 12.6. The van der Waals surface area contributed by atoms with Crippen molar-refractivity contribution in [2.75, 3.05) is 37.6 Å². The number of nitrogens with zero attached hydrogens (tertiary/aromatic N) is 5. The highest BCUT2D eigenvalue weighted by molar-refractivity contribution is 14.1. The number of aromatic nitrogens is 2. The van der Waals surface area contributed by atoms with Crippen LogP contribution in [0.2, 0.25) is 0 Å². The fourth-order valence-corrected chi connectivity index (χ4v) is 5.69. The van der Waals surface area contributed by atoms with Gasteiger partial charge in [-0.2, -0.15) is 0 Å². The first-order valence-electron chi connectivity index (χ1n) is 11.1. The van der Waals surface area contributed by atoms with Crippen LogP contribution in [0.3, 0.4) is 0 Å². The zero-order chi connectivity index (χ0) is 20.5. The van der Waals surface area contributed by atoms with Crippen LogP contribution < -0.4 is 4.90 Å². The van der Waals surface area contributed by atoms with Crippen LogP contribution >= 0.6 is 22.6 Å². The van der Waals surface area contributed by atoms with E-state index in [2.05, 4.69) is 43.4 Å². The van der Waals surface area contributed by atoms with Crippen molar-refractivity contribution in [2.24, 2.45) is 0 Å². The molecule has 2 fully saturated rings. The Bertz CT molecular complexity index is 895. The second-order valence-corrected chi connectivity index (χ2v) is 9.48. The first-order chi connectivity index (χ1) is 14.7. The molecule has 0 radical (unpaired) electrons. The van der Waals surface area contributed by atoms with Gasteiger partial charge in [0.05, 0.1) is 5.69 Å². The van der Waals surface area contributed by atoms with E-state index in [4.69, 9.17) is 9.97 Å². The lowest BCUT2D eigenvalue weighted by Gasteiger charge is -2.43. The van der Waals surface area contributed by atoms with Gasteiger partial charge in [0.2, 0.25) is 5.95 Å². The quantitative estimate of drug-likeness (QED) is 0.442. The molecule has 0 N–H and O–H groups in total. The van der Waals surface area contributed by atoms with Gasteiger partial charge in [-0.05, 0) is 24.5 Å². The second-order valence-electron chi connectivity index (χ2n) is 8.72. The summed E-state index contributed by atoms with van der Waals surface area (Å²) >= 11 is 2.25. The van der Waals surface area contributed by atoms with Gasteiger partial charge in [-0.15, -0.1) is 0 Å². The van der Waals surface area contributed by atoms with E-state index in [-0.39, 0.29) is 5.82 Å². The van der Waals surface area contributed by atoms with Crippen molar-refractivity contribution in [1.82, 2.24) is 19.8 Å². The Kier molecular flexibility index (Phi) is 6.20. The second kappa shape index (κ2) is 9.04. The van der Waals surface area contributed by atoms with E-state index < -0.39 is 0 Å². The minimum Gasteiger partial charge on any atom is -0.338 e. The van der Waals surface area contributed by atoms with E-state index in [0.717, 1.165) is 75.4 Å². The maximum atomic E-state index is 14.1. The largest absolute Gasteiger partial charge is 0.338 e. The number of anilines is 1. The molecule has 3 aliphatic rings. The van der Waals surface area contributed by atoms with Crippen molar-refractivity contribution in [3.05, 3.63) is 52.6 Å². The topological polar surface area (TPSA) is 35.5 Å². The van der Waals surface area contributed by atoms with Gasteiger partial charge in [0.1, 0.15) is 5.82 Å². The van der Waals surface area contributed by atoms with E-state index >= 15 is 0 Å². The fourth-order valence-electron chi connectivity index (χ4n) is 4.83. The Morgan fingerprint density at radius 1 is 1.10 bits per heavy atom. The van der Waals surface area contributed by atoms with Gasteiger partial charge < -0.3 is 4.90 Å². The van der Waals surface area contributed by atoms with Crippen LogP contribution in [-0.2, 0) is 23.9 Å². The van der Waals surface area contributed by atoms with Crippen molar-refractivity contribution in [3.63, 3.8) is 0 Å². The summed E-state index contributed by atoms with van der Waals surface area (Å²) in [7, 11) is 0. The molecule has 0 atom stereocenters. The summed E-state index contributed by atoms with van der Waals surface area (Å²) in [5, 5.41) is 0. The van der Waals surface area contributed by atoms with Crippen LogP contribution in [-0.4, -0.2) is 58.5 Å². The minimum absolute atomic E-state index is 0.0929. The third-order valence-electron chi connectivity index (χ3n) is 6.93. The summed E-state index contributed by atoms with van der Waals surface area (Å²) in [6, 6.07) is 6.26. The third-order valence-corrected chi connectivity index (χ3v) is 7.69. The summed E-state index contributed by atoms with van der Waals surface area (Å²) in [4.78, 5) is 17.0. The normalized spacial score (nSPS) is 20.8. The van der Waals surface area contributed by atoms with Crippen molar-refractivity contribution < 1.29 is 4.39 Å². The number of halogens is 2. The monoisotopic (exact) mass is 521 g/mol. The lowest BCUT2D eigenvalue weighted by atomic mass is 9.91. The number of benzene rings is 1. The van der Waals surface area contributed by atoms with E-state index in [0.29, 0.717) is 4.43 Å². The minimum atomic E-state index is -0.0929. The summed E-state index contributed by atoms with van der Waals surface area (Å²) in [5.74, 6) is 0.803. The molecule has 1 saturated heterocycles. The van der Waals surface area contributed by atoms with E-state index in [1.165, 1.54) is 30.5 Å². The molecule has 0 bridgehead atoms. The average molecular weight is 521 g/mol. The van der Waals surface area contributed by atoms with Crippen molar-refractivity contribution >= 4 is 28.5 Å². The highest BCUT2D eigenvalue weighted by Gasteiger charge is 2.29. The molecule has 1 aromatic carbocycles. The SMILES string of the molecule is Fc1cccc(CN2CCc3nc(N4CCN(C5CCC5)CC4)ncc3C2)c1CI. The Morgan fingerprint density at radius 2 is 1.93 bits per heavy atom. The molecule has 0 unspecified atom stereocenters. The molecule has 5 nitrogen and oxygen atoms in total. The van der Waals surface area contributed by atoms with Crippen LogP contribution in [0.1, 0.15) is 41.6 Å². The molecule has 0 spiro atoms. The van der Waals surface area contributed by atoms with Crippen molar-refractivity contribution in [1.29, 1.82) is 0 Å². The van der Waals surface area contributed by atoms with Crippen LogP contribution in [0.4, 0.5) is 10.3 Å². The summed E-state index contributed by atoms with van der Waals surface area (Å²) in [5.41, 5.74) is 4.32. The maximum absolute atomic E-state index is 14.1. The predicted molar refractivity (Wildman–Crippen MR) is 125 cm³/mol. The Labute approximate surface area is 191 Å². The molecule has 30 heavy (non-hydrogen) atoms. The summed E-state index contributed by atoms with van der Waals surface area (Å²) in [6.07, 6.45) is 7.10. The Morgan fingerprint density at radius 3 is 2.67 bits per heavy atom. The fraction of sp³-hybridized carbons (Fsp3) is 0.565. The summed E-state index contributed by atoms with van der Waals surface area (Å²) < 4.78 is 14.8. The number of hydrogen-bond acceptors (Lipinski definition) is 5. The van der Waals surface area contributed by atoms with Crippen molar-refractivity contribution in [3.8, 4) is 0 Å². The average Bonchev–Trinajstić information content (AvgIpc) is 2.73. The lowest BCUT2D eigenvalue weighted by Crippen LogP contribution is -2.52. The molecule has 1 aromatic heterocycles. The van der Waals surface area contributed by atoms with Gasteiger partial charge in [-0.25, -0.2) is 14.4 Å². The van der Waals surface area contributed by atoms with Gasteiger partial charge in [-0.1, -0.05) is 41.1 Å². The zero-order valence-electron chi connectivity index (χ0n) is 17.4. The van der Waals surface area contributed by atoms with Gasteiger partial charge >= 0.3 is 0 Å². The molecule has 5 rings (SSSR count). The summed E-state index contributed by atoms with van der Waals surface area (Å²) in [6.45, 7) is 6.89. The molecule has 2 aromatic rings. The number of fused-ring (bicyclic) bond motifs is 1. The van der Waals surface area contributed by atoms with Gasteiger partial charge in [0, 0.05) is 80.0 Å². The number of piperazine rings is 1. The van der Waals surface area contributed by atoms with Gasteiger partial charge in [-0.3, -0.25) is 9.80 Å². The molecule has 3 heterocycles. The smallest absolute Gasteiger partial charge is 0.225 e. The number of hydrogen-bond donors (Lipinski definition) is 0. The maximum Gasteiger partial charge on any atom is 0.225 e.